The Morgan fingerprint density at radius 3 is 1.21 bits per heavy atom. The quantitative estimate of drug-likeness (QED) is 0.177. The van der Waals surface area contributed by atoms with Crippen molar-refractivity contribution in [1.29, 1.82) is 0 Å². The predicted octanol–water partition coefficient (Wildman–Crippen LogP) is 13.1. The minimum Gasteiger partial charge on any atom is -0.309 e. The standard InChI is InChI=1S/C52H33N5/c1-2-12-34(13-3-1)45-32-53-33-54-52(45)35-22-24-36(25-23-35)55-50-28-26-37(56-46-18-8-4-14-39(46)40-15-5-9-19-47(40)56)30-43(50)44-31-38(27-29-51(44)55)57-48-20-10-6-16-41(48)42-17-7-11-21-49(42)57/h1-33H. The third kappa shape index (κ3) is 4.76. The summed E-state index contributed by atoms with van der Waals surface area (Å²) >= 11 is 0. The Labute approximate surface area is 328 Å². The molecule has 8 aromatic carbocycles. The lowest BCUT2D eigenvalue weighted by atomic mass is 10.0. The van der Waals surface area contributed by atoms with E-state index in [-0.39, 0.29) is 0 Å². The van der Waals surface area contributed by atoms with Gasteiger partial charge in [-0.2, -0.15) is 0 Å². The van der Waals surface area contributed by atoms with Crippen LogP contribution in [0.15, 0.2) is 201 Å². The van der Waals surface area contributed by atoms with E-state index in [0.29, 0.717) is 0 Å². The molecular weight excluding hydrogens is 695 g/mol. The minimum absolute atomic E-state index is 0.914. The van der Waals surface area contributed by atoms with Crippen molar-refractivity contribution in [2.24, 2.45) is 0 Å². The fourth-order valence-corrected chi connectivity index (χ4v) is 9.11. The Morgan fingerprint density at radius 1 is 0.316 bits per heavy atom. The van der Waals surface area contributed by atoms with Crippen LogP contribution in [0.4, 0.5) is 0 Å². The monoisotopic (exact) mass is 727 g/mol. The van der Waals surface area contributed by atoms with Crippen molar-refractivity contribution >= 4 is 65.4 Å². The number of benzene rings is 8. The summed E-state index contributed by atoms with van der Waals surface area (Å²) in [5.41, 5.74) is 14.5. The van der Waals surface area contributed by atoms with E-state index in [2.05, 4.69) is 201 Å². The molecule has 4 aromatic heterocycles. The second-order valence-corrected chi connectivity index (χ2v) is 14.7. The molecule has 0 fully saturated rings. The van der Waals surface area contributed by atoms with Gasteiger partial charge in [0.05, 0.1) is 38.8 Å². The van der Waals surface area contributed by atoms with E-state index in [1.807, 2.05) is 12.3 Å². The number of hydrogen-bond acceptors (Lipinski definition) is 2. The molecule has 0 aliphatic rings. The van der Waals surface area contributed by atoms with Crippen molar-refractivity contribution in [2.45, 2.75) is 0 Å². The van der Waals surface area contributed by atoms with Gasteiger partial charge in [0.2, 0.25) is 0 Å². The van der Waals surface area contributed by atoms with Gasteiger partial charge < -0.3 is 13.7 Å². The van der Waals surface area contributed by atoms with E-state index in [0.717, 1.165) is 50.5 Å². The van der Waals surface area contributed by atoms with E-state index in [9.17, 15) is 0 Å². The van der Waals surface area contributed by atoms with E-state index in [1.54, 1.807) is 6.33 Å². The molecule has 0 atom stereocenters. The second kappa shape index (κ2) is 12.4. The largest absolute Gasteiger partial charge is 0.309 e. The van der Waals surface area contributed by atoms with Crippen LogP contribution >= 0.6 is 0 Å². The van der Waals surface area contributed by atoms with Crippen molar-refractivity contribution in [3.8, 4) is 39.4 Å². The maximum absolute atomic E-state index is 4.75. The molecule has 0 N–H and O–H groups in total. The Kier molecular flexibility index (Phi) is 6.86. The molecule has 57 heavy (non-hydrogen) atoms. The number of rotatable bonds is 5. The molecule has 0 unspecified atom stereocenters. The first kappa shape index (κ1) is 31.6. The number of nitrogens with zero attached hydrogens (tertiary/aromatic N) is 5. The molecule has 266 valence electrons. The van der Waals surface area contributed by atoms with Crippen molar-refractivity contribution in [3.63, 3.8) is 0 Å². The average Bonchev–Trinajstić information content (AvgIpc) is 3.92. The maximum atomic E-state index is 4.75. The molecule has 0 spiro atoms. The van der Waals surface area contributed by atoms with Gasteiger partial charge in [0.15, 0.2) is 0 Å². The summed E-state index contributed by atoms with van der Waals surface area (Å²) in [6, 6.07) is 67.9. The molecule has 0 amide bonds. The van der Waals surface area contributed by atoms with Crippen molar-refractivity contribution in [3.05, 3.63) is 201 Å². The van der Waals surface area contributed by atoms with E-state index >= 15 is 0 Å². The first-order valence-corrected chi connectivity index (χ1v) is 19.3. The zero-order chi connectivity index (χ0) is 37.5. The van der Waals surface area contributed by atoms with Crippen LogP contribution in [0.25, 0.3) is 105 Å². The van der Waals surface area contributed by atoms with Crippen LogP contribution in [-0.4, -0.2) is 23.7 Å². The van der Waals surface area contributed by atoms with Crippen LogP contribution < -0.4 is 0 Å². The van der Waals surface area contributed by atoms with Gasteiger partial charge in [-0.3, -0.25) is 0 Å². The van der Waals surface area contributed by atoms with Crippen LogP contribution in [0.3, 0.4) is 0 Å². The Morgan fingerprint density at radius 2 is 0.719 bits per heavy atom. The topological polar surface area (TPSA) is 40.6 Å². The van der Waals surface area contributed by atoms with Gasteiger partial charge in [0.1, 0.15) is 6.33 Å². The highest BCUT2D eigenvalue weighted by atomic mass is 15.0. The highest BCUT2D eigenvalue weighted by molar-refractivity contribution is 6.14. The van der Waals surface area contributed by atoms with Crippen molar-refractivity contribution in [2.75, 3.05) is 0 Å². The highest BCUT2D eigenvalue weighted by Gasteiger charge is 2.19. The van der Waals surface area contributed by atoms with Crippen LogP contribution in [0.2, 0.25) is 0 Å². The molecule has 12 rings (SSSR count). The molecule has 5 nitrogen and oxygen atoms in total. The number of aromatic nitrogens is 5. The highest BCUT2D eigenvalue weighted by Crippen LogP contribution is 2.40. The van der Waals surface area contributed by atoms with E-state index in [1.165, 1.54) is 54.4 Å². The zero-order valence-electron chi connectivity index (χ0n) is 30.8. The fourth-order valence-electron chi connectivity index (χ4n) is 9.11. The number of hydrogen-bond donors (Lipinski definition) is 0. The molecule has 0 aliphatic heterocycles. The summed E-state index contributed by atoms with van der Waals surface area (Å²) in [5, 5.41) is 7.40. The lowest BCUT2D eigenvalue weighted by Gasteiger charge is -2.12. The van der Waals surface area contributed by atoms with Gasteiger partial charge in [-0.25, -0.2) is 9.97 Å². The lowest BCUT2D eigenvalue weighted by molar-refractivity contribution is 1.15. The van der Waals surface area contributed by atoms with Gasteiger partial charge in [-0.05, 0) is 78.4 Å². The zero-order valence-corrected chi connectivity index (χ0v) is 30.8. The third-order valence-corrected chi connectivity index (χ3v) is 11.6. The molecule has 0 saturated carbocycles. The predicted molar refractivity (Wildman–Crippen MR) is 236 cm³/mol. The Bertz CT molecular complexity index is 3240. The molecular formula is C52H33N5. The molecule has 4 heterocycles. The van der Waals surface area contributed by atoms with E-state index in [4.69, 9.17) is 4.98 Å². The van der Waals surface area contributed by atoms with Crippen LogP contribution in [0.1, 0.15) is 0 Å². The smallest absolute Gasteiger partial charge is 0.116 e. The summed E-state index contributed by atoms with van der Waals surface area (Å²) in [6.07, 6.45) is 3.54. The SMILES string of the molecule is c1ccc(-c2cncnc2-c2ccc(-n3c4ccc(-n5c6ccccc6c6ccccc65)cc4c4cc(-n5c6ccccc6c6ccccc65)ccc43)cc2)cc1. The fraction of sp³-hybridized carbons (Fsp3) is 0. The molecule has 0 radical (unpaired) electrons. The molecule has 0 aliphatic carbocycles. The summed E-state index contributed by atoms with van der Waals surface area (Å²) in [6.45, 7) is 0. The summed E-state index contributed by atoms with van der Waals surface area (Å²) < 4.78 is 7.22. The van der Waals surface area contributed by atoms with Gasteiger partial charge in [0.25, 0.3) is 0 Å². The van der Waals surface area contributed by atoms with E-state index < -0.39 is 0 Å². The Balaban J connectivity index is 1.10. The lowest BCUT2D eigenvalue weighted by Crippen LogP contribution is -1.97. The maximum Gasteiger partial charge on any atom is 0.116 e. The Hall–Kier alpha value is -7.76. The second-order valence-electron chi connectivity index (χ2n) is 14.7. The molecule has 5 heteroatoms. The molecule has 12 aromatic rings. The summed E-state index contributed by atoms with van der Waals surface area (Å²) in [4.78, 5) is 9.12. The molecule has 0 saturated heterocycles. The van der Waals surface area contributed by atoms with Crippen LogP contribution in [0.5, 0.6) is 0 Å². The van der Waals surface area contributed by atoms with Gasteiger partial charge in [-0.15, -0.1) is 0 Å². The summed E-state index contributed by atoms with van der Waals surface area (Å²) in [7, 11) is 0. The first-order valence-electron chi connectivity index (χ1n) is 19.3. The normalized spacial score (nSPS) is 11.9. The minimum atomic E-state index is 0.914. The molecule has 0 bridgehead atoms. The van der Waals surface area contributed by atoms with Crippen molar-refractivity contribution in [1.82, 2.24) is 23.7 Å². The van der Waals surface area contributed by atoms with Crippen LogP contribution in [0, 0.1) is 0 Å². The van der Waals surface area contributed by atoms with Gasteiger partial charge >= 0.3 is 0 Å². The number of fused-ring (bicyclic) bond motifs is 9. The van der Waals surface area contributed by atoms with Gasteiger partial charge in [-0.1, -0.05) is 115 Å². The third-order valence-electron chi connectivity index (χ3n) is 11.6. The average molecular weight is 728 g/mol. The number of para-hydroxylation sites is 4. The van der Waals surface area contributed by atoms with Crippen LogP contribution in [-0.2, 0) is 0 Å². The first-order chi connectivity index (χ1) is 28.3. The van der Waals surface area contributed by atoms with Crippen molar-refractivity contribution < 1.29 is 0 Å². The van der Waals surface area contributed by atoms with Gasteiger partial charge in [0, 0.05) is 66.7 Å². The summed E-state index contributed by atoms with van der Waals surface area (Å²) in [5.74, 6) is 0.